The number of aliphatic imine (C=N–C) groups is 1. The van der Waals surface area contributed by atoms with Crippen molar-refractivity contribution in [2.45, 2.75) is 37.2 Å². The van der Waals surface area contributed by atoms with Gasteiger partial charge < -0.3 is 15.3 Å². The summed E-state index contributed by atoms with van der Waals surface area (Å²) in [4.78, 5) is 17.1. The van der Waals surface area contributed by atoms with Gasteiger partial charge in [0.05, 0.1) is 33.8 Å². The minimum atomic E-state index is -3.27. The van der Waals surface area contributed by atoms with Crippen molar-refractivity contribution in [3.8, 4) is 0 Å². The summed E-state index contributed by atoms with van der Waals surface area (Å²) >= 11 is 11.9. The van der Waals surface area contributed by atoms with Gasteiger partial charge in [-0.1, -0.05) is 41.0 Å². The van der Waals surface area contributed by atoms with E-state index in [4.69, 9.17) is 23.2 Å². The van der Waals surface area contributed by atoms with Gasteiger partial charge in [0.1, 0.15) is 16.6 Å². The molecule has 0 bridgehead atoms. The van der Waals surface area contributed by atoms with E-state index in [2.05, 4.69) is 15.2 Å². The maximum atomic E-state index is 15.5. The molecule has 15 heteroatoms. The third kappa shape index (κ3) is 6.93. The van der Waals surface area contributed by atoms with Crippen molar-refractivity contribution in [1.82, 2.24) is 19.6 Å². The fourth-order valence-electron chi connectivity index (χ4n) is 3.68. The Morgan fingerprint density at radius 3 is 2.62 bits per heavy atom. The first-order chi connectivity index (χ1) is 18.3. The highest BCUT2D eigenvalue weighted by atomic mass is 35.5. The van der Waals surface area contributed by atoms with Crippen LogP contribution in [0.25, 0.3) is 6.20 Å². The smallest absolute Gasteiger partial charge is 0.323 e. The lowest BCUT2D eigenvalue weighted by atomic mass is 9.96. The molecule has 1 aromatic carbocycles. The SMILES string of the molecule is Cc1cc(C(C)Cc2cnn(C(O)(O)O)n2)c(Cl)c(=O)n1/C=C(F)/C(=N/C=C/Cl)c1cccc(S(C)=O)c1F. The van der Waals surface area contributed by atoms with E-state index in [1.54, 1.807) is 13.0 Å². The van der Waals surface area contributed by atoms with Crippen LogP contribution in [-0.4, -0.2) is 51.1 Å². The van der Waals surface area contributed by atoms with Crippen LogP contribution in [0.3, 0.4) is 0 Å². The number of hydrogen-bond donors (Lipinski definition) is 3. The van der Waals surface area contributed by atoms with Crippen LogP contribution in [0.1, 0.15) is 35.4 Å². The van der Waals surface area contributed by atoms with E-state index in [0.29, 0.717) is 10.4 Å². The van der Waals surface area contributed by atoms with Gasteiger partial charge in [0.15, 0.2) is 5.83 Å². The molecule has 2 atom stereocenters. The number of allylic oxidation sites excluding steroid dienone is 1. The second-order valence-electron chi connectivity index (χ2n) is 8.36. The number of nitrogens with zero attached hydrogens (tertiary/aromatic N) is 5. The predicted octanol–water partition coefficient (Wildman–Crippen LogP) is 3.14. The third-order valence-corrected chi connectivity index (χ3v) is 6.94. The summed E-state index contributed by atoms with van der Waals surface area (Å²) < 4.78 is 43.4. The number of rotatable bonds is 9. The molecule has 2 heterocycles. The van der Waals surface area contributed by atoms with Gasteiger partial charge in [-0.15, -0.1) is 0 Å². The fraction of sp³-hybridized carbons (Fsp3) is 0.250. The van der Waals surface area contributed by atoms with Gasteiger partial charge in [-0.25, -0.2) is 8.78 Å². The molecule has 2 unspecified atom stereocenters. The number of aromatic nitrogens is 4. The molecule has 0 saturated carbocycles. The van der Waals surface area contributed by atoms with E-state index in [1.807, 2.05) is 0 Å². The van der Waals surface area contributed by atoms with Crippen LogP contribution in [-0.2, 0) is 23.3 Å². The Bertz CT molecular complexity index is 1560. The van der Waals surface area contributed by atoms with Gasteiger partial charge >= 0.3 is 6.10 Å². The van der Waals surface area contributed by atoms with Crippen LogP contribution in [0.5, 0.6) is 0 Å². The molecule has 0 spiro atoms. The number of aliphatic hydroxyl groups is 3. The van der Waals surface area contributed by atoms with E-state index in [0.717, 1.165) is 22.5 Å². The molecule has 0 aliphatic carbocycles. The number of pyridine rings is 1. The summed E-state index contributed by atoms with van der Waals surface area (Å²) in [6, 6.07) is 5.49. The first-order valence-electron chi connectivity index (χ1n) is 11.1. The Hall–Kier alpha value is -3.07. The Morgan fingerprint density at radius 2 is 2.03 bits per heavy atom. The van der Waals surface area contributed by atoms with Crippen molar-refractivity contribution in [3.05, 3.63) is 91.7 Å². The molecule has 3 N–H and O–H groups in total. The molecule has 3 rings (SSSR count). The zero-order valence-electron chi connectivity index (χ0n) is 20.7. The third-order valence-electron chi connectivity index (χ3n) is 5.52. The van der Waals surface area contributed by atoms with E-state index in [9.17, 15) is 24.3 Å². The molecule has 39 heavy (non-hydrogen) atoms. The summed E-state index contributed by atoms with van der Waals surface area (Å²) in [6.45, 7) is 3.25. The summed E-state index contributed by atoms with van der Waals surface area (Å²) in [5, 5.41) is 34.6. The lowest BCUT2D eigenvalue weighted by Gasteiger charge is -2.16. The molecule has 0 amide bonds. The highest BCUT2D eigenvalue weighted by molar-refractivity contribution is 7.84. The first kappa shape index (κ1) is 30.5. The number of aryl methyl sites for hydroxylation is 1. The van der Waals surface area contributed by atoms with Crippen molar-refractivity contribution in [3.63, 3.8) is 0 Å². The van der Waals surface area contributed by atoms with E-state index in [-0.39, 0.29) is 33.3 Å². The van der Waals surface area contributed by atoms with Gasteiger partial charge in [0, 0.05) is 29.2 Å². The normalized spacial score (nSPS) is 14.7. The number of benzene rings is 1. The molecule has 0 saturated heterocycles. The van der Waals surface area contributed by atoms with Gasteiger partial charge in [-0.3, -0.25) is 18.6 Å². The molecule has 0 fully saturated rings. The average Bonchev–Trinajstić information content (AvgIpc) is 3.34. The molecule has 3 aromatic rings. The van der Waals surface area contributed by atoms with Crippen LogP contribution < -0.4 is 5.56 Å². The van der Waals surface area contributed by atoms with E-state index < -0.39 is 45.7 Å². The predicted molar refractivity (Wildman–Crippen MR) is 143 cm³/mol. The standard InChI is InChI=1S/C24H23Cl2F2N5O5S/c1-13(9-15-11-30-33(31-15)24(35,36)37)17-10-14(2)32(23(34)20(17)26)12-18(27)22(29-8-7-25)16-5-4-6-19(21(16)28)39(3)38/h4-8,10-13,35-37H,9H2,1-3H3/b8-7+,18-12-,29-22+. The molecular formula is C24H23Cl2F2N5O5S. The van der Waals surface area contributed by atoms with Crippen molar-refractivity contribution in [2.75, 3.05) is 6.26 Å². The Morgan fingerprint density at radius 1 is 1.33 bits per heavy atom. The molecule has 2 aromatic heterocycles. The van der Waals surface area contributed by atoms with E-state index >= 15 is 8.78 Å². The lowest BCUT2D eigenvalue weighted by molar-refractivity contribution is -0.387. The van der Waals surface area contributed by atoms with Crippen LogP contribution in [0.2, 0.25) is 5.02 Å². The Balaban J connectivity index is 2.03. The first-order valence-corrected chi connectivity index (χ1v) is 13.5. The summed E-state index contributed by atoms with van der Waals surface area (Å²) in [5.41, 5.74) is 0.363. The van der Waals surface area contributed by atoms with Gasteiger partial charge in [0.25, 0.3) is 5.56 Å². The zero-order chi connectivity index (χ0) is 29.1. The molecule has 208 valence electrons. The van der Waals surface area contributed by atoms with Crippen molar-refractivity contribution >= 4 is 45.9 Å². The minimum Gasteiger partial charge on any atom is -0.323 e. The summed E-state index contributed by atoms with van der Waals surface area (Å²) in [5.74, 6) is -2.46. The zero-order valence-corrected chi connectivity index (χ0v) is 23.0. The van der Waals surface area contributed by atoms with Gasteiger partial charge in [-0.2, -0.15) is 10.2 Å². The topological polar surface area (TPSA) is 143 Å². The maximum absolute atomic E-state index is 15.5. The van der Waals surface area contributed by atoms with Crippen molar-refractivity contribution in [1.29, 1.82) is 0 Å². The van der Waals surface area contributed by atoms with Crippen LogP contribution in [0.4, 0.5) is 8.78 Å². The Kier molecular flexibility index (Phi) is 9.69. The molecule has 0 aliphatic rings. The van der Waals surface area contributed by atoms with Crippen LogP contribution in [0, 0.1) is 12.7 Å². The minimum absolute atomic E-state index is 0.152. The second kappa shape index (κ2) is 12.4. The van der Waals surface area contributed by atoms with Crippen molar-refractivity contribution < 1.29 is 28.3 Å². The lowest BCUT2D eigenvalue weighted by Crippen LogP contribution is -2.34. The summed E-state index contributed by atoms with van der Waals surface area (Å²) in [7, 11) is -1.70. The molecule has 0 radical (unpaired) electrons. The second-order valence-corrected chi connectivity index (χ2v) is 10.3. The van der Waals surface area contributed by atoms with Crippen LogP contribution in [0.15, 0.2) is 62.7 Å². The fourth-order valence-corrected chi connectivity index (χ4v) is 4.70. The largest absolute Gasteiger partial charge is 0.405 e. The molecule has 10 nitrogen and oxygen atoms in total. The monoisotopic (exact) mass is 601 g/mol. The number of halogens is 4. The Labute approximate surface area is 233 Å². The summed E-state index contributed by atoms with van der Waals surface area (Å²) in [6.07, 6.45) is 1.19. The van der Waals surface area contributed by atoms with Gasteiger partial charge in [0.2, 0.25) is 0 Å². The molecular weight excluding hydrogens is 579 g/mol. The van der Waals surface area contributed by atoms with Crippen molar-refractivity contribution in [2.24, 2.45) is 4.99 Å². The highest BCUT2D eigenvalue weighted by Gasteiger charge is 2.25. The highest BCUT2D eigenvalue weighted by Crippen LogP contribution is 2.27. The van der Waals surface area contributed by atoms with Crippen LogP contribution >= 0.6 is 23.2 Å². The average molecular weight is 602 g/mol. The van der Waals surface area contributed by atoms with Gasteiger partial charge in [-0.05, 0) is 43.0 Å². The van der Waals surface area contributed by atoms with E-state index in [1.165, 1.54) is 37.6 Å². The number of hydrogen-bond acceptors (Lipinski definition) is 8. The molecule has 0 aliphatic heterocycles. The maximum Gasteiger partial charge on any atom is 0.405 e. The quantitative estimate of drug-likeness (QED) is 0.252.